The monoisotopic (exact) mass is 652 g/mol. The molecule has 3 aromatic carbocycles. The van der Waals surface area contributed by atoms with Gasteiger partial charge in [-0.1, -0.05) is 48.5 Å². The van der Waals surface area contributed by atoms with E-state index in [2.05, 4.69) is 40.3 Å². The molecular formula is C31H17IrN5-2. The Morgan fingerprint density at radius 3 is 2.00 bits per heavy atom. The third-order valence-corrected chi connectivity index (χ3v) is 5.25. The Kier molecular flexibility index (Phi) is 9.55. The van der Waals surface area contributed by atoms with Crippen LogP contribution in [-0.2, 0) is 20.1 Å². The molecule has 5 nitrogen and oxygen atoms in total. The molecule has 177 valence electrons. The van der Waals surface area contributed by atoms with Crippen molar-refractivity contribution in [3.63, 3.8) is 0 Å². The van der Waals surface area contributed by atoms with Crippen LogP contribution >= 0.6 is 0 Å². The predicted molar refractivity (Wildman–Crippen MR) is 137 cm³/mol. The Labute approximate surface area is 229 Å². The van der Waals surface area contributed by atoms with Gasteiger partial charge in [-0.05, 0) is 45.8 Å². The van der Waals surface area contributed by atoms with Crippen molar-refractivity contribution < 1.29 is 20.1 Å². The second-order valence-electron chi connectivity index (χ2n) is 7.45. The molecule has 0 fully saturated rings. The van der Waals surface area contributed by atoms with Crippen molar-refractivity contribution in [1.29, 1.82) is 15.8 Å². The van der Waals surface area contributed by atoms with Crippen LogP contribution in [0.3, 0.4) is 0 Å². The number of hydrogen-bond acceptors (Lipinski definition) is 5. The Morgan fingerprint density at radius 2 is 1.35 bits per heavy atom. The number of benzene rings is 3. The van der Waals surface area contributed by atoms with Crippen molar-refractivity contribution in [2.75, 3.05) is 0 Å². The molecule has 0 amide bonds. The maximum atomic E-state index is 9.15. The van der Waals surface area contributed by atoms with Crippen molar-refractivity contribution in [3.05, 3.63) is 132 Å². The molecule has 2 heterocycles. The fourth-order valence-corrected chi connectivity index (χ4v) is 3.52. The van der Waals surface area contributed by atoms with E-state index in [9.17, 15) is 0 Å². The zero-order valence-electron chi connectivity index (χ0n) is 19.4. The van der Waals surface area contributed by atoms with Crippen LogP contribution in [-0.4, -0.2) is 9.97 Å². The van der Waals surface area contributed by atoms with E-state index < -0.39 is 0 Å². The quantitative estimate of drug-likeness (QED) is 0.211. The van der Waals surface area contributed by atoms with E-state index in [1.54, 1.807) is 24.4 Å². The van der Waals surface area contributed by atoms with Gasteiger partial charge in [0.25, 0.3) is 0 Å². The largest absolute Gasteiger partial charge is 0.305 e. The van der Waals surface area contributed by atoms with E-state index in [0.29, 0.717) is 11.3 Å². The van der Waals surface area contributed by atoms with Crippen molar-refractivity contribution in [2.45, 2.75) is 0 Å². The van der Waals surface area contributed by atoms with E-state index in [1.807, 2.05) is 72.9 Å². The minimum atomic E-state index is 0. The van der Waals surface area contributed by atoms with Gasteiger partial charge in [-0.25, -0.2) is 10.5 Å². The smallest absolute Gasteiger partial charge is 0.0815 e. The first-order valence-corrected chi connectivity index (χ1v) is 10.9. The first kappa shape index (κ1) is 26.7. The molecule has 0 unspecified atom stereocenters. The van der Waals surface area contributed by atoms with Crippen LogP contribution in [0.25, 0.3) is 33.6 Å². The molecule has 37 heavy (non-hydrogen) atoms. The molecule has 5 rings (SSSR count). The van der Waals surface area contributed by atoms with Crippen LogP contribution < -0.4 is 0 Å². The maximum Gasteiger partial charge on any atom is 0.0815 e. The van der Waals surface area contributed by atoms with Gasteiger partial charge in [0.2, 0.25) is 0 Å². The van der Waals surface area contributed by atoms with Crippen LogP contribution in [0.15, 0.2) is 103 Å². The van der Waals surface area contributed by atoms with Gasteiger partial charge in [0.1, 0.15) is 0 Å². The van der Waals surface area contributed by atoms with Crippen LogP contribution in [0, 0.1) is 46.1 Å². The summed E-state index contributed by atoms with van der Waals surface area (Å²) in [5.74, 6) is 0. The average molecular weight is 652 g/mol. The van der Waals surface area contributed by atoms with Gasteiger partial charge in [-0.15, -0.1) is 53.6 Å². The minimum absolute atomic E-state index is 0. The molecule has 0 aliphatic carbocycles. The number of hydrogen-bond donors (Lipinski definition) is 0. The summed E-state index contributed by atoms with van der Waals surface area (Å²) in [6.07, 6.45) is 3.44. The summed E-state index contributed by atoms with van der Waals surface area (Å²) in [6.45, 7) is 0. The molecule has 0 bridgehead atoms. The second-order valence-corrected chi connectivity index (χ2v) is 7.45. The fourth-order valence-electron chi connectivity index (χ4n) is 3.52. The van der Waals surface area contributed by atoms with Crippen molar-refractivity contribution in [3.8, 4) is 51.8 Å². The molecule has 0 aliphatic heterocycles. The predicted octanol–water partition coefficient (Wildman–Crippen LogP) is 6.38. The van der Waals surface area contributed by atoms with E-state index in [0.717, 1.165) is 11.3 Å². The summed E-state index contributed by atoms with van der Waals surface area (Å²) < 4.78 is 0. The minimum Gasteiger partial charge on any atom is -0.305 e. The molecule has 0 saturated heterocycles. The first-order chi connectivity index (χ1) is 17.7. The molecule has 5 aromatic rings. The summed E-state index contributed by atoms with van der Waals surface area (Å²) >= 11 is 0. The van der Waals surface area contributed by atoms with Gasteiger partial charge < -0.3 is 9.97 Å². The van der Waals surface area contributed by atoms with E-state index in [-0.39, 0.29) is 36.8 Å². The number of rotatable bonds is 3. The Balaban J connectivity index is 0.000000200. The number of aromatic nitrogens is 2. The van der Waals surface area contributed by atoms with Crippen molar-refractivity contribution >= 4 is 0 Å². The van der Waals surface area contributed by atoms with Crippen molar-refractivity contribution in [1.82, 2.24) is 9.97 Å². The third-order valence-electron chi connectivity index (χ3n) is 5.25. The van der Waals surface area contributed by atoms with E-state index in [1.165, 1.54) is 17.2 Å². The third kappa shape index (κ3) is 6.40. The van der Waals surface area contributed by atoms with Crippen LogP contribution in [0.5, 0.6) is 0 Å². The summed E-state index contributed by atoms with van der Waals surface area (Å²) in [5.41, 5.74) is 5.70. The Bertz CT molecular complexity index is 1540. The van der Waals surface area contributed by atoms with Gasteiger partial charge >= 0.3 is 0 Å². The molecule has 1 radical (unpaired) electrons. The molecule has 0 spiro atoms. The van der Waals surface area contributed by atoms with E-state index in [4.69, 9.17) is 15.8 Å². The normalized spacial score (nSPS) is 9.32. The van der Waals surface area contributed by atoms with Gasteiger partial charge in [-0.3, -0.25) is 0 Å². The molecule has 0 N–H and O–H groups in total. The van der Waals surface area contributed by atoms with Crippen LogP contribution in [0.4, 0.5) is 0 Å². The Hall–Kier alpha value is -4.92. The van der Waals surface area contributed by atoms with Gasteiger partial charge in [0, 0.05) is 50.2 Å². The van der Waals surface area contributed by atoms with Crippen molar-refractivity contribution in [2.24, 2.45) is 0 Å². The van der Waals surface area contributed by atoms with Crippen LogP contribution in [0.2, 0.25) is 0 Å². The first-order valence-electron chi connectivity index (χ1n) is 10.9. The molecule has 0 saturated carbocycles. The molecular weight excluding hydrogens is 635 g/mol. The molecule has 0 aliphatic rings. The van der Waals surface area contributed by atoms with Gasteiger partial charge in [-0.2, -0.15) is 5.26 Å². The number of pyridine rings is 2. The zero-order valence-corrected chi connectivity index (χ0v) is 21.8. The van der Waals surface area contributed by atoms with Gasteiger partial charge in [0.15, 0.2) is 0 Å². The summed E-state index contributed by atoms with van der Waals surface area (Å²) in [5, 5.41) is 27.1. The SMILES string of the molecule is N#Cc1c[c-]c(-c2ccccn2)c(C#N)c1C#N.[Ir].[c-]1ccccc1-c1cc(-c2ccccc2)ccn1. The fraction of sp³-hybridized carbons (Fsp3) is 0. The van der Waals surface area contributed by atoms with Crippen LogP contribution in [0.1, 0.15) is 16.7 Å². The van der Waals surface area contributed by atoms with Gasteiger partial charge in [0.05, 0.1) is 6.07 Å². The average Bonchev–Trinajstić information content (AvgIpc) is 2.98. The Morgan fingerprint density at radius 1 is 0.622 bits per heavy atom. The molecule has 6 heteroatoms. The number of nitriles is 3. The number of nitrogens with zero attached hydrogens (tertiary/aromatic N) is 5. The maximum absolute atomic E-state index is 9.15. The summed E-state index contributed by atoms with van der Waals surface area (Å²) in [6, 6.07) is 40.8. The molecule has 0 atom stereocenters. The summed E-state index contributed by atoms with van der Waals surface area (Å²) in [4.78, 5) is 8.52. The second kappa shape index (κ2) is 13.2. The topological polar surface area (TPSA) is 97.1 Å². The van der Waals surface area contributed by atoms with E-state index >= 15 is 0 Å². The summed E-state index contributed by atoms with van der Waals surface area (Å²) in [7, 11) is 0. The standard InChI is InChI=1S/C17H12N.C14H5N4.Ir/c1-3-7-14(8-4-1)16-11-12-18-17(13-16)15-9-5-2-6-10-15;15-7-10-4-5-11(13(9-17)12(10)8-16)14-3-1-2-6-18-14;/h1-9,11-13H;1-4,6H;/q2*-1;. The molecule has 2 aromatic heterocycles. The zero-order chi connectivity index (χ0) is 25.2.